The smallest absolute Gasteiger partial charge is 0.224 e. The topological polar surface area (TPSA) is 87.7 Å². The van der Waals surface area contributed by atoms with Gasteiger partial charge in [-0.05, 0) is 52.9 Å². The van der Waals surface area contributed by atoms with Crippen molar-refractivity contribution in [1.29, 1.82) is 0 Å². The van der Waals surface area contributed by atoms with Gasteiger partial charge in [0.25, 0.3) is 0 Å². The molecule has 0 heterocycles. The molecule has 0 unspecified atom stereocenters. The SMILES string of the molecule is N/C(=N/O)c1ccc(NC(=O)CC2CC2)c(Br)c1. The molecular formula is C12H14BrN3O2. The first kappa shape index (κ1) is 12.9. The van der Waals surface area contributed by atoms with E-state index in [1.807, 2.05) is 0 Å². The second kappa shape index (κ2) is 5.39. The fourth-order valence-corrected chi connectivity index (χ4v) is 2.10. The molecule has 1 aromatic carbocycles. The number of amides is 1. The lowest BCUT2D eigenvalue weighted by Crippen LogP contribution is -2.15. The number of carbonyl (C=O) groups excluding carboxylic acids is 1. The molecule has 96 valence electrons. The minimum Gasteiger partial charge on any atom is -0.409 e. The number of rotatable bonds is 4. The largest absolute Gasteiger partial charge is 0.409 e. The number of oxime groups is 1. The number of nitrogens with two attached hydrogens (primary N) is 1. The van der Waals surface area contributed by atoms with E-state index in [0.29, 0.717) is 28.1 Å². The normalized spacial score (nSPS) is 15.5. The first-order chi connectivity index (χ1) is 8.60. The molecule has 0 atom stereocenters. The summed E-state index contributed by atoms with van der Waals surface area (Å²) in [6, 6.07) is 5.11. The number of nitrogens with zero attached hydrogens (tertiary/aromatic N) is 1. The summed E-state index contributed by atoms with van der Waals surface area (Å²) in [5.74, 6) is 0.613. The number of anilines is 1. The van der Waals surface area contributed by atoms with Crippen LogP contribution in [0.4, 0.5) is 5.69 Å². The molecule has 1 saturated carbocycles. The van der Waals surface area contributed by atoms with Crippen LogP contribution >= 0.6 is 15.9 Å². The summed E-state index contributed by atoms with van der Waals surface area (Å²) in [7, 11) is 0. The van der Waals surface area contributed by atoms with Gasteiger partial charge in [-0.25, -0.2) is 0 Å². The molecule has 0 bridgehead atoms. The molecule has 0 radical (unpaired) electrons. The summed E-state index contributed by atoms with van der Waals surface area (Å²) in [4.78, 5) is 11.7. The Bertz CT molecular complexity index is 498. The van der Waals surface area contributed by atoms with Gasteiger partial charge < -0.3 is 16.3 Å². The number of hydrogen-bond donors (Lipinski definition) is 3. The fourth-order valence-electron chi connectivity index (χ4n) is 1.62. The van der Waals surface area contributed by atoms with Crippen molar-refractivity contribution < 1.29 is 10.0 Å². The van der Waals surface area contributed by atoms with Crippen molar-refractivity contribution in [2.24, 2.45) is 16.8 Å². The standard InChI is InChI=1S/C12H14BrN3O2/c13-9-6-8(12(14)16-18)3-4-10(9)15-11(17)5-7-1-2-7/h3-4,6-7,18H,1-2,5H2,(H2,14,16)(H,15,17). The Hall–Kier alpha value is -1.56. The average Bonchev–Trinajstić information content (AvgIpc) is 3.14. The highest BCUT2D eigenvalue weighted by Crippen LogP contribution is 2.33. The second-order valence-electron chi connectivity index (χ2n) is 4.38. The maximum atomic E-state index is 11.7. The Morgan fingerprint density at radius 1 is 1.56 bits per heavy atom. The number of carbonyl (C=O) groups is 1. The molecule has 0 aliphatic heterocycles. The molecule has 1 aliphatic carbocycles. The van der Waals surface area contributed by atoms with Crippen LogP contribution in [-0.4, -0.2) is 17.0 Å². The summed E-state index contributed by atoms with van der Waals surface area (Å²) < 4.78 is 0.704. The van der Waals surface area contributed by atoms with Crippen LogP contribution in [0.2, 0.25) is 0 Å². The molecule has 0 aromatic heterocycles. The highest BCUT2D eigenvalue weighted by molar-refractivity contribution is 9.10. The Morgan fingerprint density at radius 2 is 2.28 bits per heavy atom. The van der Waals surface area contributed by atoms with Gasteiger partial charge in [-0.2, -0.15) is 0 Å². The summed E-state index contributed by atoms with van der Waals surface area (Å²) in [6.07, 6.45) is 2.88. The van der Waals surface area contributed by atoms with E-state index in [4.69, 9.17) is 10.9 Å². The molecule has 1 amide bonds. The molecule has 0 saturated heterocycles. The van der Waals surface area contributed by atoms with Crippen molar-refractivity contribution in [3.63, 3.8) is 0 Å². The van der Waals surface area contributed by atoms with Gasteiger partial charge >= 0.3 is 0 Å². The Morgan fingerprint density at radius 3 is 2.83 bits per heavy atom. The van der Waals surface area contributed by atoms with Crippen LogP contribution in [0.1, 0.15) is 24.8 Å². The van der Waals surface area contributed by atoms with E-state index in [1.54, 1.807) is 18.2 Å². The van der Waals surface area contributed by atoms with Gasteiger partial charge in [-0.1, -0.05) is 5.16 Å². The van der Waals surface area contributed by atoms with E-state index in [-0.39, 0.29) is 11.7 Å². The summed E-state index contributed by atoms with van der Waals surface area (Å²) >= 11 is 3.35. The molecule has 18 heavy (non-hydrogen) atoms. The van der Waals surface area contributed by atoms with Crippen molar-refractivity contribution in [2.45, 2.75) is 19.3 Å². The minimum absolute atomic E-state index is 0.0229. The first-order valence-corrected chi connectivity index (χ1v) is 6.46. The van der Waals surface area contributed by atoms with Gasteiger partial charge in [0.15, 0.2) is 5.84 Å². The Kier molecular flexibility index (Phi) is 3.86. The number of benzene rings is 1. The van der Waals surface area contributed by atoms with Crippen LogP contribution in [0, 0.1) is 5.92 Å². The maximum absolute atomic E-state index is 11.7. The predicted octanol–water partition coefficient (Wildman–Crippen LogP) is 2.28. The molecule has 4 N–H and O–H groups in total. The van der Waals surface area contributed by atoms with Gasteiger partial charge in [0.2, 0.25) is 5.91 Å². The molecular weight excluding hydrogens is 298 g/mol. The van der Waals surface area contributed by atoms with E-state index in [2.05, 4.69) is 26.4 Å². The number of halogens is 1. The monoisotopic (exact) mass is 311 g/mol. The second-order valence-corrected chi connectivity index (χ2v) is 5.23. The van der Waals surface area contributed by atoms with Crippen LogP contribution in [-0.2, 0) is 4.79 Å². The van der Waals surface area contributed by atoms with Gasteiger partial charge in [0.1, 0.15) is 0 Å². The molecule has 1 fully saturated rings. The number of hydrogen-bond acceptors (Lipinski definition) is 3. The van der Waals surface area contributed by atoms with Crippen molar-refractivity contribution in [1.82, 2.24) is 0 Å². The molecule has 6 heteroatoms. The van der Waals surface area contributed by atoms with E-state index in [0.717, 1.165) is 12.8 Å². The molecule has 5 nitrogen and oxygen atoms in total. The van der Waals surface area contributed by atoms with Crippen molar-refractivity contribution in [2.75, 3.05) is 5.32 Å². The zero-order valence-corrected chi connectivity index (χ0v) is 11.3. The number of nitrogens with one attached hydrogen (secondary N) is 1. The van der Waals surface area contributed by atoms with E-state index in [9.17, 15) is 4.79 Å². The van der Waals surface area contributed by atoms with Crippen molar-refractivity contribution in [3.05, 3.63) is 28.2 Å². The van der Waals surface area contributed by atoms with E-state index in [1.165, 1.54) is 0 Å². The van der Waals surface area contributed by atoms with Gasteiger partial charge in [-0.3, -0.25) is 4.79 Å². The van der Waals surface area contributed by atoms with Crippen LogP contribution in [0.5, 0.6) is 0 Å². The minimum atomic E-state index is 0.0229. The zero-order valence-electron chi connectivity index (χ0n) is 9.69. The van der Waals surface area contributed by atoms with Crippen molar-refractivity contribution >= 4 is 33.4 Å². The first-order valence-electron chi connectivity index (χ1n) is 5.67. The van der Waals surface area contributed by atoms with Crippen molar-refractivity contribution in [3.8, 4) is 0 Å². The van der Waals surface area contributed by atoms with E-state index < -0.39 is 0 Å². The summed E-state index contributed by atoms with van der Waals surface area (Å²) in [5.41, 5.74) is 6.76. The lowest BCUT2D eigenvalue weighted by Gasteiger charge is -2.08. The van der Waals surface area contributed by atoms with Crippen LogP contribution in [0.25, 0.3) is 0 Å². The molecule has 1 aliphatic rings. The van der Waals surface area contributed by atoms with E-state index >= 15 is 0 Å². The average molecular weight is 312 g/mol. The third kappa shape index (κ3) is 3.22. The maximum Gasteiger partial charge on any atom is 0.224 e. The molecule has 2 rings (SSSR count). The van der Waals surface area contributed by atoms with Crippen LogP contribution in [0.15, 0.2) is 27.8 Å². The Labute approximate surface area is 113 Å². The lowest BCUT2D eigenvalue weighted by atomic mass is 10.2. The zero-order chi connectivity index (χ0) is 13.1. The quantitative estimate of drug-likeness (QED) is 0.345. The number of amidine groups is 1. The molecule has 1 aromatic rings. The summed E-state index contributed by atoms with van der Waals surface area (Å²) in [5, 5.41) is 14.3. The Balaban J connectivity index is 2.06. The fraction of sp³-hybridized carbons (Fsp3) is 0.333. The van der Waals surface area contributed by atoms with Gasteiger partial charge in [-0.15, -0.1) is 0 Å². The van der Waals surface area contributed by atoms with Gasteiger partial charge in [0.05, 0.1) is 5.69 Å². The lowest BCUT2D eigenvalue weighted by molar-refractivity contribution is -0.116. The van der Waals surface area contributed by atoms with Crippen LogP contribution < -0.4 is 11.1 Å². The summed E-state index contributed by atoms with van der Waals surface area (Å²) in [6.45, 7) is 0. The third-order valence-corrected chi connectivity index (χ3v) is 3.47. The molecule has 0 spiro atoms. The third-order valence-electron chi connectivity index (χ3n) is 2.82. The van der Waals surface area contributed by atoms with Gasteiger partial charge in [0, 0.05) is 16.5 Å². The van der Waals surface area contributed by atoms with Crippen LogP contribution in [0.3, 0.4) is 0 Å². The highest BCUT2D eigenvalue weighted by Gasteiger charge is 2.24. The highest BCUT2D eigenvalue weighted by atomic mass is 79.9. The predicted molar refractivity (Wildman–Crippen MR) is 72.6 cm³/mol.